The second-order valence-electron chi connectivity index (χ2n) is 4.88. The molecule has 2 aromatic rings. The van der Waals surface area contributed by atoms with Crippen LogP contribution >= 0.6 is 0 Å². The van der Waals surface area contributed by atoms with Crippen LogP contribution in [0.5, 0.6) is 0 Å². The molecule has 0 atom stereocenters. The molecule has 0 aromatic carbocycles. The number of nitrogens with one attached hydrogen (secondary N) is 1. The molecule has 6 heteroatoms. The van der Waals surface area contributed by atoms with E-state index in [0.717, 1.165) is 17.6 Å². The molecule has 3 rings (SSSR count). The van der Waals surface area contributed by atoms with Crippen LogP contribution in [0.3, 0.4) is 0 Å². The largest absolute Gasteiger partial charge is 0.465 e. The van der Waals surface area contributed by atoms with Gasteiger partial charge in [0.1, 0.15) is 11.4 Å². The first-order chi connectivity index (χ1) is 9.19. The highest BCUT2D eigenvalue weighted by Gasteiger charge is 2.23. The molecule has 100 valence electrons. The molecule has 1 saturated carbocycles. The number of nitrogens with zero attached hydrogens (tertiary/aromatic N) is 3. The average Bonchev–Trinajstić information content (AvgIpc) is 3.19. The van der Waals surface area contributed by atoms with E-state index in [1.807, 2.05) is 7.05 Å². The van der Waals surface area contributed by atoms with Crippen LogP contribution in [-0.4, -0.2) is 34.4 Å². The van der Waals surface area contributed by atoms with E-state index in [2.05, 4.69) is 15.4 Å². The molecule has 0 spiro atoms. The molecule has 2 aromatic heterocycles. The first-order valence-corrected chi connectivity index (χ1v) is 6.34. The van der Waals surface area contributed by atoms with Gasteiger partial charge in [0.25, 0.3) is 0 Å². The molecule has 0 unspecified atom stereocenters. The fourth-order valence-electron chi connectivity index (χ4n) is 2.04. The number of hydrogen-bond donors (Lipinski definition) is 1. The highest BCUT2D eigenvalue weighted by atomic mass is 16.5. The second kappa shape index (κ2) is 4.53. The topological polar surface area (TPSA) is 69.0 Å². The van der Waals surface area contributed by atoms with Crippen LogP contribution < -0.4 is 5.32 Å². The molecule has 0 saturated heterocycles. The van der Waals surface area contributed by atoms with E-state index < -0.39 is 0 Å². The molecule has 0 aliphatic heterocycles. The fourth-order valence-corrected chi connectivity index (χ4v) is 2.04. The number of aromatic nitrogens is 3. The molecule has 2 heterocycles. The van der Waals surface area contributed by atoms with E-state index in [9.17, 15) is 4.79 Å². The quantitative estimate of drug-likeness (QED) is 0.845. The number of fused-ring (bicyclic) bond motifs is 1. The molecule has 0 amide bonds. The summed E-state index contributed by atoms with van der Waals surface area (Å²) in [6.07, 6.45) is 4.18. The Morgan fingerprint density at radius 3 is 3.05 bits per heavy atom. The summed E-state index contributed by atoms with van der Waals surface area (Å²) in [5.41, 5.74) is 1.22. The van der Waals surface area contributed by atoms with Gasteiger partial charge in [-0.05, 0) is 24.8 Å². The normalized spacial score (nSPS) is 14.6. The molecule has 6 nitrogen and oxygen atoms in total. The molecule has 0 bridgehead atoms. The van der Waals surface area contributed by atoms with Crippen molar-refractivity contribution in [2.24, 2.45) is 13.0 Å². The molecule has 1 aliphatic rings. The number of methoxy groups -OCH3 is 1. The standard InChI is InChI=1S/C13H16N4O2/c1-17-12-9(7-15-17)5-10(13(18)19-2)11(16-12)14-6-8-3-4-8/h5,7-8H,3-4,6H2,1-2H3,(H,14,16). The van der Waals surface area contributed by atoms with Gasteiger partial charge in [-0.3, -0.25) is 4.68 Å². The Kier molecular flexibility index (Phi) is 2.85. The van der Waals surface area contributed by atoms with Crippen LogP contribution in [0.1, 0.15) is 23.2 Å². The van der Waals surface area contributed by atoms with Crippen molar-refractivity contribution in [2.75, 3.05) is 19.0 Å². The lowest BCUT2D eigenvalue weighted by atomic mass is 10.2. The van der Waals surface area contributed by atoms with Gasteiger partial charge in [0.15, 0.2) is 5.65 Å². The Morgan fingerprint density at radius 1 is 1.58 bits per heavy atom. The fraction of sp³-hybridized carbons (Fsp3) is 0.462. The van der Waals surface area contributed by atoms with Gasteiger partial charge in [0.2, 0.25) is 0 Å². The maximum Gasteiger partial charge on any atom is 0.341 e. The van der Waals surface area contributed by atoms with Crippen molar-refractivity contribution < 1.29 is 9.53 Å². The smallest absolute Gasteiger partial charge is 0.341 e. The minimum atomic E-state index is -0.378. The first kappa shape index (κ1) is 12.0. The van der Waals surface area contributed by atoms with Crippen LogP contribution in [-0.2, 0) is 11.8 Å². The van der Waals surface area contributed by atoms with E-state index >= 15 is 0 Å². The molecule has 1 N–H and O–H groups in total. The second-order valence-corrected chi connectivity index (χ2v) is 4.88. The van der Waals surface area contributed by atoms with Crippen molar-refractivity contribution in [2.45, 2.75) is 12.8 Å². The lowest BCUT2D eigenvalue weighted by Crippen LogP contribution is -2.12. The zero-order chi connectivity index (χ0) is 13.4. The molecular formula is C13H16N4O2. The Labute approximate surface area is 110 Å². The molecule has 1 aliphatic carbocycles. The summed E-state index contributed by atoms with van der Waals surface area (Å²) in [7, 11) is 3.21. The summed E-state index contributed by atoms with van der Waals surface area (Å²) >= 11 is 0. The van der Waals surface area contributed by atoms with Gasteiger partial charge in [-0.2, -0.15) is 5.10 Å². The monoisotopic (exact) mass is 260 g/mol. The summed E-state index contributed by atoms with van der Waals surface area (Å²) in [5.74, 6) is 0.904. The summed E-state index contributed by atoms with van der Waals surface area (Å²) in [6, 6.07) is 1.77. The van der Waals surface area contributed by atoms with Gasteiger partial charge in [-0.25, -0.2) is 9.78 Å². The Hall–Kier alpha value is -2.11. The third-order valence-electron chi connectivity index (χ3n) is 3.37. The number of carbonyl (C=O) groups is 1. The van der Waals surface area contributed by atoms with Gasteiger partial charge < -0.3 is 10.1 Å². The van der Waals surface area contributed by atoms with Crippen molar-refractivity contribution in [3.63, 3.8) is 0 Å². The van der Waals surface area contributed by atoms with Crippen molar-refractivity contribution in [3.05, 3.63) is 17.8 Å². The number of ether oxygens (including phenoxy) is 1. The van der Waals surface area contributed by atoms with Crippen molar-refractivity contribution in [3.8, 4) is 0 Å². The van der Waals surface area contributed by atoms with Crippen molar-refractivity contribution in [1.29, 1.82) is 0 Å². The molecule has 1 fully saturated rings. The van der Waals surface area contributed by atoms with Gasteiger partial charge in [0, 0.05) is 19.0 Å². The average molecular weight is 260 g/mol. The number of esters is 1. The van der Waals surface area contributed by atoms with Gasteiger partial charge in [0.05, 0.1) is 13.3 Å². The Bertz CT molecular complexity index is 631. The third kappa shape index (κ3) is 2.25. The minimum absolute atomic E-state index is 0.378. The Balaban J connectivity index is 2.02. The summed E-state index contributed by atoms with van der Waals surface area (Å²) in [4.78, 5) is 16.3. The Morgan fingerprint density at radius 2 is 2.37 bits per heavy atom. The number of hydrogen-bond acceptors (Lipinski definition) is 5. The number of anilines is 1. The van der Waals surface area contributed by atoms with Crippen LogP contribution in [0, 0.1) is 5.92 Å². The zero-order valence-corrected chi connectivity index (χ0v) is 11.0. The van der Waals surface area contributed by atoms with Crippen LogP contribution in [0.15, 0.2) is 12.3 Å². The van der Waals surface area contributed by atoms with Crippen LogP contribution in [0.4, 0.5) is 5.82 Å². The van der Waals surface area contributed by atoms with E-state index in [0.29, 0.717) is 17.3 Å². The molecular weight excluding hydrogens is 244 g/mol. The minimum Gasteiger partial charge on any atom is -0.465 e. The molecule has 19 heavy (non-hydrogen) atoms. The number of aryl methyl sites for hydroxylation is 1. The number of carbonyl (C=O) groups excluding carboxylic acids is 1. The highest BCUT2D eigenvalue weighted by molar-refractivity contribution is 5.98. The first-order valence-electron chi connectivity index (χ1n) is 6.34. The van der Waals surface area contributed by atoms with Crippen molar-refractivity contribution >= 4 is 22.8 Å². The summed E-state index contributed by atoms with van der Waals surface area (Å²) in [6.45, 7) is 0.848. The molecule has 0 radical (unpaired) electrons. The predicted octanol–water partition coefficient (Wildman–Crippen LogP) is 1.58. The number of rotatable bonds is 4. The van der Waals surface area contributed by atoms with E-state index in [1.165, 1.54) is 20.0 Å². The maximum atomic E-state index is 11.8. The lowest BCUT2D eigenvalue weighted by Gasteiger charge is -2.10. The third-order valence-corrected chi connectivity index (χ3v) is 3.37. The van der Waals surface area contributed by atoms with Crippen LogP contribution in [0.2, 0.25) is 0 Å². The summed E-state index contributed by atoms with van der Waals surface area (Å²) < 4.78 is 6.50. The highest BCUT2D eigenvalue weighted by Crippen LogP contribution is 2.29. The van der Waals surface area contributed by atoms with E-state index in [4.69, 9.17) is 4.74 Å². The van der Waals surface area contributed by atoms with Crippen molar-refractivity contribution in [1.82, 2.24) is 14.8 Å². The maximum absolute atomic E-state index is 11.8. The van der Waals surface area contributed by atoms with Gasteiger partial charge in [-0.15, -0.1) is 0 Å². The SMILES string of the molecule is COC(=O)c1cc2cnn(C)c2nc1NCC1CC1. The van der Waals surface area contributed by atoms with E-state index in [1.54, 1.807) is 16.9 Å². The zero-order valence-electron chi connectivity index (χ0n) is 11.0. The van der Waals surface area contributed by atoms with Gasteiger partial charge >= 0.3 is 5.97 Å². The predicted molar refractivity (Wildman–Crippen MR) is 71.1 cm³/mol. The summed E-state index contributed by atoms with van der Waals surface area (Å²) in [5, 5.41) is 8.22. The van der Waals surface area contributed by atoms with Crippen LogP contribution in [0.25, 0.3) is 11.0 Å². The van der Waals surface area contributed by atoms with Gasteiger partial charge in [-0.1, -0.05) is 0 Å². The number of pyridine rings is 1. The van der Waals surface area contributed by atoms with E-state index in [-0.39, 0.29) is 5.97 Å². The lowest BCUT2D eigenvalue weighted by molar-refractivity contribution is 0.0601.